The molecule has 1 unspecified atom stereocenters. The van der Waals surface area contributed by atoms with E-state index in [0.717, 1.165) is 26.2 Å². The molecule has 0 bridgehead atoms. The van der Waals surface area contributed by atoms with Gasteiger partial charge in [0.1, 0.15) is 23.0 Å². The molecule has 1 aliphatic rings. The third-order valence-electron chi connectivity index (χ3n) is 2.08. The highest BCUT2D eigenvalue weighted by Crippen LogP contribution is 2.16. The van der Waals surface area contributed by atoms with E-state index in [0.29, 0.717) is 5.92 Å². The summed E-state index contributed by atoms with van der Waals surface area (Å²) in [7, 11) is 0. The van der Waals surface area contributed by atoms with Gasteiger partial charge in [-0.15, -0.1) is 0 Å². The summed E-state index contributed by atoms with van der Waals surface area (Å²) in [5.74, 6) is 0.679. The first kappa shape index (κ1) is 9.70. The van der Waals surface area contributed by atoms with Crippen molar-refractivity contribution in [1.82, 2.24) is 4.90 Å². The molecule has 0 aromatic heterocycles. The molecule has 0 saturated carbocycles. The van der Waals surface area contributed by atoms with Crippen LogP contribution >= 0.6 is 23.0 Å². The number of aliphatic hydroxyl groups is 1. The van der Waals surface area contributed by atoms with Crippen LogP contribution in [0.3, 0.4) is 0 Å². The van der Waals surface area contributed by atoms with Crippen molar-refractivity contribution in [3.63, 3.8) is 0 Å². The summed E-state index contributed by atoms with van der Waals surface area (Å²) < 4.78 is 5.03. The molecule has 0 radical (unpaired) electrons. The van der Waals surface area contributed by atoms with Gasteiger partial charge in [-0.1, -0.05) is 0 Å². The van der Waals surface area contributed by atoms with E-state index in [2.05, 4.69) is 4.90 Å². The summed E-state index contributed by atoms with van der Waals surface area (Å²) in [6.45, 7) is 4.15. The van der Waals surface area contributed by atoms with Crippen LogP contribution in [0.25, 0.3) is 0 Å². The largest absolute Gasteiger partial charge is 0.395 e. The first-order valence-corrected chi connectivity index (χ1v) is 4.81. The van der Waals surface area contributed by atoms with Crippen molar-refractivity contribution in [2.45, 2.75) is 6.42 Å². The standard InChI is InChI=1S/C7H14INO2/c8-11-6-7-1-2-9(5-7)3-4-10/h7,10H,1-6H2. The van der Waals surface area contributed by atoms with Crippen LogP contribution in [-0.4, -0.2) is 42.9 Å². The summed E-state index contributed by atoms with van der Waals surface area (Å²) in [6, 6.07) is 0. The smallest absolute Gasteiger partial charge is 0.109 e. The number of hydrogen-bond donors (Lipinski definition) is 1. The predicted octanol–water partition coefficient (Wildman–Crippen LogP) is 0.667. The van der Waals surface area contributed by atoms with E-state index in [9.17, 15) is 0 Å². The van der Waals surface area contributed by atoms with Gasteiger partial charge in [-0.25, -0.2) is 0 Å². The maximum atomic E-state index is 8.67. The normalized spacial score (nSPS) is 26.2. The number of nitrogens with zero attached hydrogens (tertiary/aromatic N) is 1. The Balaban J connectivity index is 2.12. The van der Waals surface area contributed by atoms with E-state index in [1.54, 1.807) is 0 Å². The molecule has 1 fully saturated rings. The number of hydrogen-bond acceptors (Lipinski definition) is 3. The third kappa shape index (κ3) is 3.23. The molecule has 1 aliphatic heterocycles. The molecular formula is C7H14INO2. The van der Waals surface area contributed by atoms with Crippen molar-refractivity contribution in [3.8, 4) is 0 Å². The maximum Gasteiger partial charge on any atom is 0.109 e. The molecule has 1 heterocycles. The first-order valence-electron chi connectivity index (χ1n) is 3.93. The van der Waals surface area contributed by atoms with Gasteiger partial charge in [-0.3, -0.25) is 0 Å². The fourth-order valence-corrected chi connectivity index (χ4v) is 1.99. The number of aliphatic hydroxyl groups excluding tert-OH is 1. The topological polar surface area (TPSA) is 32.7 Å². The molecule has 11 heavy (non-hydrogen) atoms. The van der Waals surface area contributed by atoms with Crippen LogP contribution in [0.5, 0.6) is 0 Å². The first-order chi connectivity index (χ1) is 5.36. The van der Waals surface area contributed by atoms with E-state index in [4.69, 9.17) is 8.17 Å². The number of likely N-dealkylation sites (tertiary alicyclic amines) is 1. The molecule has 1 N–H and O–H groups in total. The SMILES string of the molecule is OCCN1CCC(COI)C1. The van der Waals surface area contributed by atoms with Crippen molar-refractivity contribution >= 4 is 23.0 Å². The Morgan fingerprint density at radius 1 is 1.64 bits per heavy atom. The van der Waals surface area contributed by atoms with E-state index >= 15 is 0 Å². The van der Waals surface area contributed by atoms with E-state index in [1.165, 1.54) is 6.42 Å². The summed E-state index contributed by atoms with van der Waals surface area (Å²) in [5.41, 5.74) is 0. The van der Waals surface area contributed by atoms with Gasteiger partial charge in [0.05, 0.1) is 13.2 Å². The Labute approximate surface area is 81.4 Å². The minimum Gasteiger partial charge on any atom is -0.395 e. The van der Waals surface area contributed by atoms with Gasteiger partial charge < -0.3 is 13.1 Å². The van der Waals surface area contributed by atoms with E-state index in [-0.39, 0.29) is 6.61 Å². The zero-order chi connectivity index (χ0) is 8.10. The molecule has 0 aromatic carbocycles. The van der Waals surface area contributed by atoms with Crippen molar-refractivity contribution in [2.24, 2.45) is 5.92 Å². The Bertz CT molecular complexity index is 101. The number of β-amino-alcohol motifs (C(OH)–C–C–N with tert-alkyl or cyclic N) is 1. The molecule has 1 atom stereocenters. The van der Waals surface area contributed by atoms with Crippen LogP contribution in [0.2, 0.25) is 0 Å². The fourth-order valence-electron chi connectivity index (χ4n) is 1.48. The van der Waals surface area contributed by atoms with Gasteiger partial charge in [-0.2, -0.15) is 0 Å². The molecule has 4 heteroatoms. The van der Waals surface area contributed by atoms with Gasteiger partial charge in [-0.05, 0) is 18.9 Å². The van der Waals surface area contributed by atoms with Crippen molar-refractivity contribution in [1.29, 1.82) is 0 Å². The van der Waals surface area contributed by atoms with Crippen LogP contribution in [-0.2, 0) is 3.07 Å². The second kappa shape index (κ2) is 5.29. The number of halogens is 1. The lowest BCUT2D eigenvalue weighted by Crippen LogP contribution is -2.24. The summed E-state index contributed by atoms with van der Waals surface area (Å²) >= 11 is 1.94. The minimum atomic E-state index is 0.276. The lowest BCUT2D eigenvalue weighted by Gasteiger charge is -2.12. The van der Waals surface area contributed by atoms with Crippen molar-refractivity contribution in [2.75, 3.05) is 32.8 Å². The van der Waals surface area contributed by atoms with Crippen molar-refractivity contribution < 1.29 is 8.17 Å². The van der Waals surface area contributed by atoms with Gasteiger partial charge in [0.2, 0.25) is 0 Å². The highest BCUT2D eigenvalue weighted by atomic mass is 127. The Kier molecular flexibility index (Phi) is 4.66. The minimum absolute atomic E-state index is 0.276. The molecule has 0 amide bonds. The molecule has 1 rings (SSSR count). The lowest BCUT2D eigenvalue weighted by molar-refractivity contribution is 0.212. The average Bonchev–Trinajstić information content (AvgIpc) is 2.38. The van der Waals surface area contributed by atoms with Gasteiger partial charge in [0.15, 0.2) is 0 Å². The van der Waals surface area contributed by atoms with Crippen LogP contribution in [0.15, 0.2) is 0 Å². The van der Waals surface area contributed by atoms with Crippen LogP contribution in [0, 0.1) is 5.92 Å². The predicted molar refractivity (Wildman–Crippen MR) is 51.6 cm³/mol. The molecular weight excluding hydrogens is 257 g/mol. The average molecular weight is 271 g/mol. The monoisotopic (exact) mass is 271 g/mol. The Morgan fingerprint density at radius 3 is 3.09 bits per heavy atom. The summed E-state index contributed by atoms with van der Waals surface area (Å²) in [5, 5.41) is 8.67. The summed E-state index contributed by atoms with van der Waals surface area (Å²) in [6.07, 6.45) is 1.21. The van der Waals surface area contributed by atoms with Crippen LogP contribution in [0.1, 0.15) is 6.42 Å². The van der Waals surface area contributed by atoms with E-state index in [1.807, 2.05) is 23.0 Å². The molecule has 3 nitrogen and oxygen atoms in total. The van der Waals surface area contributed by atoms with Gasteiger partial charge in [0, 0.05) is 13.1 Å². The Morgan fingerprint density at radius 2 is 2.45 bits per heavy atom. The zero-order valence-electron chi connectivity index (χ0n) is 6.50. The highest BCUT2D eigenvalue weighted by molar-refractivity contribution is 14.1. The quantitative estimate of drug-likeness (QED) is 0.763. The Hall–Kier alpha value is 0.610. The molecule has 0 aliphatic carbocycles. The molecule has 0 aromatic rings. The van der Waals surface area contributed by atoms with E-state index < -0.39 is 0 Å². The summed E-state index contributed by atoms with van der Waals surface area (Å²) in [4.78, 5) is 2.28. The van der Waals surface area contributed by atoms with Gasteiger partial charge in [0.25, 0.3) is 0 Å². The molecule has 1 saturated heterocycles. The maximum absolute atomic E-state index is 8.67. The highest BCUT2D eigenvalue weighted by Gasteiger charge is 2.21. The number of rotatable bonds is 4. The van der Waals surface area contributed by atoms with Crippen LogP contribution in [0.4, 0.5) is 0 Å². The van der Waals surface area contributed by atoms with Crippen LogP contribution < -0.4 is 0 Å². The van der Waals surface area contributed by atoms with Crippen molar-refractivity contribution in [3.05, 3.63) is 0 Å². The second-order valence-electron chi connectivity index (χ2n) is 2.95. The molecule has 66 valence electrons. The second-order valence-corrected chi connectivity index (χ2v) is 3.58. The van der Waals surface area contributed by atoms with Gasteiger partial charge >= 0.3 is 0 Å². The lowest BCUT2D eigenvalue weighted by atomic mass is 10.1. The molecule has 0 spiro atoms. The third-order valence-corrected chi connectivity index (χ3v) is 2.44. The zero-order valence-corrected chi connectivity index (χ0v) is 8.66. The fraction of sp³-hybridized carbons (Fsp3) is 1.00.